The summed E-state index contributed by atoms with van der Waals surface area (Å²) < 4.78 is 5.44. The van der Waals surface area contributed by atoms with E-state index in [4.69, 9.17) is 14.8 Å². The van der Waals surface area contributed by atoms with Crippen LogP contribution < -0.4 is 10.2 Å². The van der Waals surface area contributed by atoms with Crippen molar-refractivity contribution in [3.8, 4) is 5.75 Å². The van der Waals surface area contributed by atoms with Crippen LogP contribution in [0.3, 0.4) is 0 Å². The Bertz CT molecular complexity index is 310. The van der Waals surface area contributed by atoms with E-state index in [1.807, 2.05) is 26.8 Å². The average molecular weight is 194 g/mol. The second-order valence-corrected chi connectivity index (χ2v) is 3.58. The van der Waals surface area contributed by atoms with Gasteiger partial charge in [0.05, 0.1) is 6.10 Å². The summed E-state index contributed by atoms with van der Waals surface area (Å²) in [6.07, 6.45) is 0.0233. The Balaban J connectivity index is 3.02. The molecule has 0 atom stereocenters. The Morgan fingerprint density at radius 3 is 2.43 bits per heavy atom. The van der Waals surface area contributed by atoms with Crippen LogP contribution in [-0.4, -0.2) is 23.3 Å². The number of benzene rings is 1. The van der Waals surface area contributed by atoms with Gasteiger partial charge in [-0.3, -0.25) is 0 Å². The van der Waals surface area contributed by atoms with Crippen LogP contribution in [0.5, 0.6) is 5.75 Å². The van der Waals surface area contributed by atoms with Crippen molar-refractivity contribution in [2.45, 2.75) is 26.9 Å². The van der Waals surface area contributed by atoms with Crippen molar-refractivity contribution >= 4 is 12.6 Å². The van der Waals surface area contributed by atoms with Gasteiger partial charge in [-0.25, -0.2) is 0 Å². The first-order chi connectivity index (χ1) is 6.50. The zero-order valence-electron chi connectivity index (χ0n) is 8.69. The molecule has 1 rings (SSSR count). The van der Waals surface area contributed by atoms with Gasteiger partial charge in [0.2, 0.25) is 0 Å². The van der Waals surface area contributed by atoms with Gasteiger partial charge in [-0.1, -0.05) is 17.7 Å². The third-order valence-electron chi connectivity index (χ3n) is 1.81. The normalized spacial score (nSPS) is 10.4. The average Bonchev–Trinajstić information content (AvgIpc) is 2.07. The molecule has 1 aromatic rings. The molecule has 76 valence electrons. The number of hydrogen-bond acceptors (Lipinski definition) is 3. The fourth-order valence-corrected chi connectivity index (χ4v) is 1.23. The lowest BCUT2D eigenvalue weighted by atomic mass is 9.79. The van der Waals surface area contributed by atoms with Gasteiger partial charge < -0.3 is 14.8 Å². The van der Waals surface area contributed by atoms with Crippen molar-refractivity contribution in [3.63, 3.8) is 0 Å². The molecular weight excluding hydrogens is 179 g/mol. The largest absolute Gasteiger partial charge is 0.492 e. The summed E-state index contributed by atoms with van der Waals surface area (Å²) in [6.45, 7) is 5.69. The first-order valence-corrected chi connectivity index (χ1v) is 4.64. The SMILES string of the molecule is Cc1ccc(OC(C)C)c(B(O)O)c1. The van der Waals surface area contributed by atoms with Gasteiger partial charge in [-0.2, -0.15) is 0 Å². The number of rotatable bonds is 3. The molecule has 0 fully saturated rings. The van der Waals surface area contributed by atoms with E-state index in [1.165, 1.54) is 0 Å². The standard InChI is InChI=1S/C10H15BO3/c1-7(2)14-10-5-4-8(3)6-9(10)11(12)13/h4-7,12-13H,1-3H3. The van der Waals surface area contributed by atoms with Gasteiger partial charge in [0.15, 0.2) is 0 Å². The lowest BCUT2D eigenvalue weighted by Gasteiger charge is -2.14. The molecule has 0 radical (unpaired) electrons. The zero-order chi connectivity index (χ0) is 10.7. The number of ether oxygens (including phenoxy) is 1. The highest BCUT2D eigenvalue weighted by Crippen LogP contribution is 2.11. The predicted molar refractivity (Wildman–Crippen MR) is 56.8 cm³/mol. The lowest BCUT2D eigenvalue weighted by Crippen LogP contribution is -2.32. The zero-order valence-corrected chi connectivity index (χ0v) is 8.69. The van der Waals surface area contributed by atoms with E-state index in [0.717, 1.165) is 5.56 Å². The van der Waals surface area contributed by atoms with Crippen LogP contribution in [-0.2, 0) is 0 Å². The monoisotopic (exact) mass is 194 g/mol. The van der Waals surface area contributed by atoms with E-state index in [2.05, 4.69) is 0 Å². The fraction of sp³-hybridized carbons (Fsp3) is 0.400. The highest BCUT2D eigenvalue weighted by Gasteiger charge is 2.17. The van der Waals surface area contributed by atoms with Crippen molar-refractivity contribution in [2.75, 3.05) is 0 Å². The molecule has 0 spiro atoms. The molecule has 2 N–H and O–H groups in total. The van der Waals surface area contributed by atoms with Crippen LogP contribution in [0, 0.1) is 6.92 Å². The lowest BCUT2D eigenvalue weighted by molar-refractivity contribution is 0.243. The molecule has 3 nitrogen and oxygen atoms in total. The van der Waals surface area contributed by atoms with Crippen LogP contribution in [0.1, 0.15) is 19.4 Å². The van der Waals surface area contributed by atoms with Crippen molar-refractivity contribution in [1.82, 2.24) is 0 Å². The summed E-state index contributed by atoms with van der Waals surface area (Å²) in [7, 11) is -1.48. The molecular formula is C10H15BO3. The van der Waals surface area contributed by atoms with Crippen molar-refractivity contribution in [1.29, 1.82) is 0 Å². The van der Waals surface area contributed by atoms with E-state index >= 15 is 0 Å². The van der Waals surface area contributed by atoms with Crippen LogP contribution in [0.2, 0.25) is 0 Å². The summed E-state index contributed by atoms with van der Waals surface area (Å²) in [4.78, 5) is 0. The van der Waals surface area contributed by atoms with Crippen LogP contribution in [0.25, 0.3) is 0 Å². The van der Waals surface area contributed by atoms with Crippen molar-refractivity contribution < 1.29 is 14.8 Å². The van der Waals surface area contributed by atoms with E-state index < -0.39 is 7.12 Å². The molecule has 0 aliphatic rings. The second-order valence-electron chi connectivity index (χ2n) is 3.58. The summed E-state index contributed by atoms with van der Waals surface area (Å²) in [5, 5.41) is 18.2. The maximum absolute atomic E-state index is 9.12. The summed E-state index contributed by atoms with van der Waals surface area (Å²) in [5.74, 6) is 0.528. The third-order valence-corrected chi connectivity index (χ3v) is 1.81. The minimum Gasteiger partial charge on any atom is -0.491 e. The molecule has 0 aliphatic heterocycles. The maximum Gasteiger partial charge on any atom is 0.492 e. The molecule has 0 unspecified atom stereocenters. The number of hydrogen-bond donors (Lipinski definition) is 2. The molecule has 0 heterocycles. The molecule has 0 bridgehead atoms. The topological polar surface area (TPSA) is 49.7 Å². The maximum atomic E-state index is 9.12. The van der Waals surface area contributed by atoms with Crippen molar-refractivity contribution in [2.24, 2.45) is 0 Å². The van der Waals surface area contributed by atoms with Gasteiger partial charge >= 0.3 is 7.12 Å². The molecule has 0 aliphatic carbocycles. The molecule has 0 amide bonds. The van der Waals surface area contributed by atoms with Gasteiger partial charge in [0, 0.05) is 5.46 Å². The Hall–Kier alpha value is -0.995. The van der Waals surface area contributed by atoms with Crippen LogP contribution in [0.4, 0.5) is 0 Å². The Morgan fingerprint density at radius 2 is 1.93 bits per heavy atom. The van der Waals surface area contributed by atoms with E-state index in [-0.39, 0.29) is 6.10 Å². The first-order valence-electron chi connectivity index (χ1n) is 4.64. The second kappa shape index (κ2) is 4.48. The molecule has 1 aromatic carbocycles. The first kappa shape index (κ1) is 11.1. The highest BCUT2D eigenvalue weighted by molar-refractivity contribution is 6.59. The quantitative estimate of drug-likeness (QED) is 0.687. The minimum absolute atomic E-state index is 0.0233. The smallest absolute Gasteiger partial charge is 0.491 e. The molecule has 0 saturated heterocycles. The Labute approximate surface area is 84.5 Å². The predicted octanol–water partition coefficient (Wildman–Crippen LogP) is 0.462. The molecule has 0 aromatic heterocycles. The summed E-state index contributed by atoms with van der Waals surface area (Å²) in [6, 6.07) is 5.34. The van der Waals surface area contributed by atoms with Gasteiger partial charge in [0.1, 0.15) is 5.75 Å². The Morgan fingerprint density at radius 1 is 1.29 bits per heavy atom. The van der Waals surface area contributed by atoms with Gasteiger partial charge in [-0.05, 0) is 26.8 Å². The van der Waals surface area contributed by atoms with E-state index in [0.29, 0.717) is 11.2 Å². The molecule has 4 heteroatoms. The Kier molecular flexibility index (Phi) is 3.55. The van der Waals surface area contributed by atoms with Gasteiger partial charge in [-0.15, -0.1) is 0 Å². The minimum atomic E-state index is -1.48. The van der Waals surface area contributed by atoms with Crippen LogP contribution in [0.15, 0.2) is 18.2 Å². The van der Waals surface area contributed by atoms with Gasteiger partial charge in [0.25, 0.3) is 0 Å². The van der Waals surface area contributed by atoms with Crippen LogP contribution >= 0.6 is 0 Å². The van der Waals surface area contributed by atoms with E-state index in [1.54, 1.807) is 12.1 Å². The highest BCUT2D eigenvalue weighted by atomic mass is 16.5. The summed E-state index contributed by atoms with van der Waals surface area (Å²) >= 11 is 0. The van der Waals surface area contributed by atoms with Crippen molar-refractivity contribution in [3.05, 3.63) is 23.8 Å². The summed E-state index contributed by atoms with van der Waals surface area (Å²) in [5.41, 5.74) is 1.39. The molecule has 0 saturated carbocycles. The third kappa shape index (κ3) is 2.75. The molecule has 14 heavy (non-hydrogen) atoms. The van der Waals surface area contributed by atoms with E-state index in [9.17, 15) is 0 Å². The number of aryl methyl sites for hydroxylation is 1. The fourth-order valence-electron chi connectivity index (χ4n) is 1.23.